The number of aromatic nitrogens is 2. The normalized spacial score (nSPS) is 18.7. The van der Waals surface area contributed by atoms with E-state index in [-0.39, 0.29) is 5.82 Å². The van der Waals surface area contributed by atoms with Crippen molar-refractivity contribution < 1.29 is 4.39 Å². The molecule has 2 aromatic rings. The van der Waals surface area contributed by atoms with Crippen molar-refractivity contribution in [1.82, 2.24) is 15.1 Å². The highest BCUT2D eigenvalue weighted by atomic mass is 19.1. The van der Waals surface area contributed by atoms with Crippen molar-refractivity contribution in [2.45, 2.75) is 25.3 Å². The number of fused-ring (bicyclic) bond motifs is 1. The van der Waals surface area contributed by atoms with Gasteiger partial charge in [-0.25, -0.2) is 9.07 Å². The topological polar surface area (TPSA) is 29.9 Å². The fourth-order valence-corrected chi connectivity index (χ4v) is 2.69. The Labute approximate surface area is 106 Å². The van der Waals surface area contributed by atoms with Gasteiger partial charge in [0.05, 0.1) is 11.9 Å². The van der Waals surface area contributed by atoms with Gasteiger partial charge in [-0.2, -0.15) is 5.10 Å². The summed E-state index contributed by atoms with van der Waals surface area (Å²) in [5.74, 6) is -0.224. The minimum Gasteiger partial charge on any atom is -0.313 e. The maximum Gasteiger partial charge on any atom is 0.125 e. The molecule has 1 aliphatic rings. The molecule has 1 aliphatic carbocycles. The molecule has 0 saturated heterocycles. The fraction of sp³-hybridized carbons (Fsp3) is 0.357. The maximum atomic E-state index is 13.3. The first-order chi connectivity index (χ1) is 8.79. The maximum absolute atomic E-state index is 13.3. The first-order valence-electron chi connectivity index (χ1n) is 6.29. The number of rotatable bonds is 2. The highest BCUT2D eigenvalue weighted by molar-refractivity contribution is 5.37. The van der Waals surface area contributed by atoms with Crippen LogP contribution in [-0.2, 0) is 6.42 Å². The van der Waals surface area contributed by atoms with Gasteiger partial charge in [0.1, 0.15) is 5.82 Å². The lowest BCUT2D eigenvalue weighted by molar-refractivity contribution is 0.490. The number of hydrogen-bond donors (Lipinski definition) is 1. The molecule has 3 rings (SSSR count). The molecule has 0 saturated carbocycles. The van der Waals surface area contributed by atoms with Crippen LogP contribution in [0.25, 0.3) is 5.69 Å². The van der Waals surface area contributed by atoms with E-state index in [1.54, 1.807) is 6.07 Å². The van der Waals surface area contributed by atoms with E-state index in [0.29, 0.717) is 6.04 Å². The molecule has 0 aliphatic heterocycles. The standard InChI is InChI=1S/C14H16FN3/c1-16-13-6-3-7-14-12(13)9-17-18(14)11-5-2-4-10(15)8-11/h2,4-5,8-9,13,16H,3,6-7H2,1H3. The van der Waals surface area contributed by atoms with Crippen molar-refractivity contribution in [3.63, 3.8) is 0 Å². The zero-order chi connectivity index (χ0) is 12.5. The molecule has 1 heterocycles. The summed E-state index contributed by atoms with van der Waals surface area (Å²) in [6.07, 6.45) is 5.18. The average molecular weight is 245 g/mol. The van der Waals surface area contributed by atoms with Crippen LogP contribution in [0, 0.1) is 5.82 Å². The lowest BCUT2D eigenvalue weighted by atomic mass is 9.93. The molecule has 0 radical (unpaired) electrons. The SMILES string of the molecule is CNC1CCCc2c1cnn2-c1cccc(F)c1. The molecular formula is C14H16FN3. The number of nitrogens with zero attached hydrogens (tertiary/aromatic N) is 2. The predicted octanol–water partition coefficient (Wildman–Crippen LogP) is 2.61. The summed E-state index contributed by atoms with van der Waals surface area (Å²) in [6.45, 7) is 0. The lowest BCUT2D eigenvalue weighted by Crippen LogP contribution is -2.21. The number of benzene rings is 1. The van der Waals surface area contributed by atoms with Gasteiger partial charge in [-0.3, -0.25) is 0 Å². The number of nitrogens with one attached hydrogen (secondary N) is 1. The van der Waals surface area contributed by atoms with Crippen LogP contribution in [0.3, 0.4) is 0 Å². The van der Waals surface area contributed by atoms with Crippen molar-refractivity contribution in [2.24, 2.45) is 0 Å². The Morgan fingerprint density at radius 2 is 2.33 bits per heavy atom. The molecule has 0 amide bonds. The third-order valence-electron chi connectivity index (χ3n) is 3.58. The van der Waals surface area contributed by atoms with Crippen LogP contribution in [0.2, 0.25) is 0 Å². The first-order valence-corrected chi connectivity index (χ1v) is 6.29. The van der Waals surface area contributed by atoms with Gasteiger partial charge in [-0.15, -0.1) is 0 Å². The molecule has 1 aromatic carbocycles. The molecule has 1 atom stereocenters. The second kappa shape index (κ2) is 4.53. The van der Waals surface area contributed by atoms with Gasteiger partial charge in [-0.05, 0) is 44.5 Å². The molecule has 94 valence electrons. The van der Waals surface area contributed by atoms with Crippen LogP contribution in [0.1, 0.15) is 30.1 Å². The van der Waals surface area contributed by atoms with Crippen molar-refractivity contribution in [2.75, 3.05) is 7.05 Å². The molecule has 18 heavy (non-hydrogen) atoms. The highest BCUT2D eigenvalue weighted by Gasteiger charge is 2.23. The first kappa shape index (κ1) is 11.4. The molecule has 3 nitrogen and oxygen atoms in total. The van der Waals surface area contributed by atoms with Crippen molar-refractivity contribution in [3.8, 4) is 5.69 Å². The molecule has 1 aromatic heterocycles. The van der Waals surface area contributed by atoms with Gasteiger partial charge >= 0.3 is 0 Å². The summed E-state index contributed by atoms with van der Waals surface area (Å²) in [4.78, 5) is 0. The minimum absolute atomic E-state index is 0.224. The van der Waals surface area contributed by atoms with Gasteiger partial charge in [0.2, 0.25) is 0 Å². The Balaban J connectivity index is 2.07. The van der Waals surface area contributed by atoms with Crippen LogP contribution in [-0.4, -0.2) is 16.8 Å². The van der Waals surface area contributed by atoms with Crippen LogP contribution < -0.4 is 5.32 Å². The number of halogens is 1. The summed E-state index contributed by atoms with van der Waals surface area (Å²) in [7, 11) is 1.97. The summed E-state index contributed by atoms with van der Waals surface area (Å²) >= 11 is 0. The zero-order valence-corrected chi connectivity index (χ0v) is 10.4. The van der Waals surface area contributed by atoms with Gasteiger partial charge < -0.3 is 5.32 Å². The van der Waals surface area contributed by atoms with Crippen LogP contribution >= 0.6 is 0 Å². The highest BCUT2D eigenvalue weighted by Crippen LogP contribution is 2.30. The van der Waals surface area contributed by atoms with E-state index in [9.17, 15) is 4.39 Å². The van der Waals surface area contributed by atoms with Gasteiger partial charge in [-0.1, -0.05) is 6.07 Å². The average Bonchev–Trinajstić information content (AvgIpc) is 2.82. The lowest BCUT2D eigenvalue weighted by Gasteiger charge is -2.22. The van der Waals surface area contributed by atoms with E-state index < -0.39 is 0 Å². The smallest absolute Gasteiger partial charge is 0.125 e. The van der Waals surface area contributed by atoms with Crippen molar-refractivity contribution in [1.29, 1.82) is 0 Å². The molecule has 4 heteroatoms. The van der Waals surface area contributed by atoms with Gasteiger partial charge in [0.25, 0.3) is 0 Å². The largest absolute Gasteiger partial charge is 0.313 e. The Bertz CT molecular complexity index is 562. The summed E-state index contributed by atoms with van der Waals surface area (Å²) in [6, 6.07) is 6.96. The fourth-order valence-electron chi connectivity index (χ4n) is 2.69. The number of hydrogen-bond acceptors (Lipinski definition) is 2. The van der Waals surface area contributed by atoms with E-state index in [1.165, 1.54) is 23.4 Å². The monoisotopic (exact) mass is 245 g/mol. The second-order valence-corrected chi connectivity index (χ2v) is 4.67. The van der Waals surface area contributed by atoms with Crippen molar-refractivity contribution in [3.05, 3.63) is 47.5 Å². The quantitative estimate of drug-likeness (QED) is 0.881. The van der Waals surface area contributed by atoms with E-state index in [2.05, 4.69) is 10.4 Å². The second-order valence-electron chi connectivity index (χ2n) is 4.67. The Kier molecular flexibility index (Phi) is 2.88. The van der Waals surface area contributed by atoms with E-state index in [4.69, 9.17) is 0 Å². The molecule has 0 bridgehead atoms. The third kappa shape index (κ3) is 1.82. The molecule has 1 unspecified atom stereocenters. The summed E-state index contributed by atoms with van der Waals surface area (Å²) < 4.78 is 15.1. The van der Waals surface area contributed by atoms with Crippen LogP contribution in [0.15, 0.2) is 30.5 Å². The molecule has 1 N–H and O–H groups in total. The van der Waals surface area contributed by atoms with Crippen molar-refractivity contribution >= 4 is 0 Å². The molecule has 0 fully saturated rings. The van der Waals surface area contributed by atoms with E-state index in [1.807, 2.05) is 24.0 Å². The van der Waals surface area contributed by atoms with Crippen LogP contribution in [0.4, 0.5) is 4.39 Å². The summed E-state index contributed by atoms with van der Waals surface area (Å²) in [5.41, 5.74) is 3.24. The van der Waals surface area contributed by atoms with E-state index >= 15 is 0 Å². The summed E-state index contributed by atoms with van der Waals surface area (Å²) in [5, 5.41) is 7.73. The van der Waals surface area contributed by atoms with Gasteiger partial charge in [0, 0.05) is 17.3 Å². The Morgan fingerprint density at radius 1 is 1.44 bits per heavy atom. The third-order valence-corrected chi connectivity index (χ3v) is 3.58. The van der Waals surface area contributed by atoms with Crippen LogP contribution in [0.5, 0.6) is 0 Å². The van der Waals surface area contributed by atoms with Gasteiger partial charge in [0.15, 0.2) is 0 Å². The van der Waals surface area contributed by atoms with E-state index in [0.717, 1.165) is 24.9 Å². The molecular weight excluding hydrogens is 229 g/mol. The Morgan fingerprint density at radius 3 is 3.11 bits per heavy atom. The molecule has 0 spiro atoms. The predicted molar refractivity (Wildman–Crippen MR) is 68.3 cm³/mol. The Hall–Kier alpha value is -1.68. The zero-order valence-electron chi connectivity index (χ0n) is 10.4. The minimum atomic E-state index is -0.224.